The first-order chi connectivity index (χ1) is 11.4. The number of aliphatic hydroxyl groups is 1. The van der Waals surface area contributed by atoms with E-state index >= 15 is 0 Å². The van der Waals surface area contributed by atoms with Crippen LogP contribution in [-0.2, 0) is 24.6 Å². The van der Waals surface area contributed by atoms with Crippen LogP contribution in [-0.4, -0.2) is 62.9 Å². The van der Waals surface area contributed by atoms with Gasteiger partial charge < -0.3 is 25.1 Å². The molecular formula is C12H19N3O9S. The number of aromatic nitrogens is 2. The van der Waals surface area contributed by atoms with Crippen LogP contribution in [0.5, 0.6) is 0 Å². The minimum absolute atomic E-state index is 0.142. The second-order valence-electron chi connectivity index (χ2n) is 5.80. The smallest absolute Gasteiger partial charge is 0.394 e. The zero-order valence-corrected chi connectivity index (χ0v) is 14.2. The van der Waals surface area contributed by atoms with Gasteiger partial charge in [-0.05, 0) is 19.9 Å². The minimum atomic E-state index is -4.67. The average molecular weight is 381 g/mol. The Hall–Kier alpha value is -1.61. The second kappa shape index (κ2) is 6.95. The summed E-state index contributed by atoms with van der Waals surface area (Å²) < 4.78 is 50.0. The molecule has 0 saturated carbocycles. The highest BCUT2D eigenvalue weighted by Crippen LogP contribution is 2.42. The molecular weight excluding hydrogens is 362 g/mol. The van der Waals surface area contributed by atoms with Gasteiger partial charge in [0.2, 0.25) is 0 Å². The molecule has 5 N–H and O–H groups in total. The van der Waals surface area contributed by atoms with E-state index in [9.17, 15) is 9.90 Å². The normalized spacial score (nSPS) is 30.4. The van der Waals surface area contributed by atoms with Crippen LogP contribution in [0.15, 0.2) is 17.1 Å². The lowest BCUT2D eigenvalue weighted by molar-refractivity contribution is -0.200. The Kier molecular flexibility index (Phi) is 5.48. The molecule has 0 radical (unpaired) electrons. The van der Waals surface area contributed by atoms with E-state index in [-0.39, 0.29) is 12.4 Å². The number of hydrogen-bond acceptors (Lipinski definition) is 9. The molecule has 2 fully saturated rings. The fraction of sp³-hybridized carbons (Fsp3) is 0.667. The number of fused-ring (bicyclic) bond motifs is 1. The summed E-state index contributed by atoms with van der Waals surface area (Å²) in [6, 6.07) is 1.51. The van der Waals surface area contributed by atoms with Gasteiger partial charge in [0.15, 0.2) is 12.0 Å². The summed E-state index contributed by atoms with van der Waals surface area (Å²) in [5.41, 5.74) is 4.94. The van der Waals surface area contributed by atoms with Crippen molar-refractivity contribution in [2.75, 3.05) is 12.3 Å². The quantitative estimate of drug-likeness (QED) is 0.441. The van der Waals surface area contributed by atoms with E-state index in [4.69, 9.17) is 37.5 Å². The topological polar surface area (TPSA) is 183 Å². The number of nitrogen functional groups attached to an aromatic ring is 1. The summed E-state index contributed by atoms with van der Waals surface area (Å²) in [5.74, 6) is -0.640. The molecule has 0 bridgehead atoms. The van der Waals surface area contributed by atoms with Crippen molar-refractivity contribution in [1.29, 1.82) is 0 Å². The highest BCUT2D eigenvalue weighted by Gasteiger charge is 2.55. The Morgan fingerprint density at radius 2 is 1.88 bits per heavy atom. The van der Waals surface area contributed by atoms with Crippen LogP contribution in [0, 0.1) is 0 Å². The number of ether oxygens (including phenoxy) is 3. The van der Waals surface area contributed by atoms with Crippen LogP contribution >= 0.6 is 0 Å². The fourth-order valence-electron chi connectivity index (χ4n) is 2.65. The Balaban J connectivity index is 0.000000399. The van der Waals surface area contributed by atoms with E-state index in [0.717, 1.165) is 0 Å². The molecule has 2 saturated heterocycles. The average Bonchev–Trinajstić information content (AvgIpc) is 2.90. The molecule has 0 aliphatic carbocycles. The van der Waals surface area contributed by atoms with Crippen LogP contribution in [0.3, 0.4) is 0 Å². The number of rotatable bonds is 2. The maximum atomic E-state index is 11.9. The van der Waals surface area contributed by atoms with Crippen LogP contribution in [0.4, 0.5) is 5.82 Å². The standard InChI is InChI=1S/C12H17N3O5.H2O4S/c1-12(2)19-8-6(5-16)18-10(9(8)20-12)15-4-3-7(13)14-11(15)17;1-5(2,3)4/h3-4,6,8-10,16H,5H2,1-2H3,(H2,13,14,17);(H2,1,2,3,4)/t6-,8-,9-,10-;/m1./s1. The van der Waals surface area contributed by atoms with Crippen molar-refractivity contribution in [3.05, 3.63) is 22.7 Å². The Labute approximate surface area is 142 Å². The molecule has 13 heteroatoms. The molecule has 0 spiro atoms. The molecule has 1 aromatic rings. The summed E-state index contributed by atoms with van der Waals surface area (Å²) in [4.78, 5) is 15.6. The molecule has 1 aromatic heterocycles. The number of hydrogen-bond donors (Lipinski definition) is 4. The monoisotopic (exact) mass is 381 g/mol. The molecule has 0 aromatic carbocycles. The molecule has 12 nitrogen and oxygen atoms in total. The van der Waals surface area contributed by atoms with Crippen LogP contribution in [0.25, 0.3) is 0 Å². The van der Waals surface area contributed by atoms with Crippen molar-refractivity contribution in [1.82, 2.24) is 9.55 Å². The van der Waals surface area contributed by atoms with Gasteiger partial charge in [0.25, 0.3) is 0 Å². The van der Waals surface area contributed by atoms with Gasteiger partial charge in [-0.1, -0.05) is 0 Å². The molecule has 2 aliphatic heterocycles. The third-order valence-corrected chi connectivity index (χ3v) is 3.43. The van der Waals surface area contributed by atoms with E-state index in [1.165, 1.54) is 16.8 Å². The van der Waals surface area contributed by atoms with Gasteiger partial charge in [-0.3, -0.25) is 13.7 Å². The van der Waals surface area contributed by atoms with Crippen molar-refractivity contribution in [2.45, 2.75) is 44.2 Å². The third-order valence-electron chi connectivity index (χ3n) is 3.43. The van der Waals surface area contributed by atoms with Crippen molar-refractivity contribution >= 4 is 16.2 Å². The van der Waals surface area contributed by atoms with E-state index in [2.05, 4.69) is 4.98 Å². The number of nitrogens with two attached hydrogens (primary N) is 1. The van der Waals surface area contributed by atoms with Gasteiger partial charge in [0.1, 0.15) is 24.1 Å². The molecule has 2 aliphatic rings. The van der Waals surface area contributed by atoms with Crippen molar-refractivity contribution in [2.24, 2.45) is 0 Å². The second-order valence-corrected chi connectivity index (χ2v) is 6.70. The van der Waals surface area contributed by atoms with Crippen LogP contribution in [0.1, 0.15) is 20.1 Å². The Bertz CT molecular complexity index is 770. The lowest BCUT2D eigenvalue weighted by Crippen LogP contribution is -2.35. The first-order valence-electron chi connectivity index (χ1n) is 7.08. The van der Waals surface area contributed by atoms with E-state index in [1.807, 2.05) is 0 Å². The van der Waals surface area contributed by atoms with Gasteiger partial charge in [0.05, 0.1) is 6.61 Å². The zero-order chi connectivity index (χ0) is 19.0. The number of anilines is 1. The van der Waals surface area contributed by atoms with E-state index < -0.39 is 46.4 Å². The van der Waals surface area contributed by atoms with Gasteiger partial charge in [0, 0.05) is 6.20 Å². The molecule has 0 amide bonds. The largest absolute Gasteiger partial charge is 0.394 e. The molecule has 3 heterocycles. The molecule has 25 heavy (non-hydrogen) atoms. The molecule has 0 unspecified atom stereocenters. The summed E-state index contributed by atoms with van der Waals surface area (Å²) in [7, 11) is -4.67. The van der Waals surface area contributed by atoms with Crippen molar-refractivity contribution < 1.29 is 36.8 Å². The SMILES string of the molecule is CC1(C)O[C@@H]2[C@H](O1)[C@@H](CO)O[C@H]2n1ccc(N)nc1=O.O=S(=O)(O)O. The summed E-state index contributed by atoms with van der Waals surface area (Å²) in [6.07, 6.45) is -0.647. The van der Waals surface area contributed by atoms with Gasteiger partial charge >= 0.3 is 16.1 Å². The van der Waals surface area contributed by atoms with Crippen molar-refractivity contribution in [3.63, 3.8) is 0 Å². The van der Waals surface area contributed by atoms with Crippen LogP contribution in [0.2, 0.25) is 0 Å². The predicted molar refractivity (Wildman–Crippen MR) is 81.9 cm³/mol. The summed E-state index contributed by atoms with van der Waals surface area (Å²) >= 11 is 0. The number of nitrogens with zero attached hydrogens (tertiary/aromatic N) is 2. The Morgan fingerprint density at radius 3 is 2.40 bits per heavy atom. The van der Waals surface area contributed by atoms with Gasteiger partial charge in [-0.2, -0.15) is 13.4 Å². The van der Waals surface area contributed by atoms with E-state index in [1.54, 1.807) is 13.8 Å². The molecule has 142 valence electrons. The van der Waals surface area contributed by atoms with Gasteiger partial charge in [-0.15, -0.1) is 0 Å². The van der Waals surface area contributed by atoms with Crippen LogP contribution < -0.4 is 11.4 Å². The van der Waals surface area contributed by atoms with E-state index in [0.29, 0.717) is 0 Å². The molecule has 4 atom stereocenters. The maximum absolute atomic E-state index is 11.9. The lowest BCUT2D eigenvalue weighted by atomic mass is 10.1. The Morgan fingerprint density at radius 1 is 1.32 bits per heavy atom. The summed E-state index contributed by atoms with van der Waals surface area (Å²) in [5, 5.41) is 9.38. The first kappa shape index (κ1) is 19.7. The fourth-order valence-corrected chi connectivity index (χ4v) is 2.65. The molecule has 3 rings (SSSR count). The zero-order valence-electron chi connectivity index (χ0n) is 13.3. The minimum Gasteiger partial charge on any atom is -0.394 e. The lowest BCUT2D eigenvalue weighted by Gasteiger charge is -2.24. The third kappa shape index (κ3) is 4.94. The highest BCUT2D eigenvalue weighted by molar-refractivity contribution is 7.79. The highest BCUT2D eigenvalue weighted by atomic mass is 32.3. The van der Waals surface area contributed by atoms with Crippen molar-refractivity contribution in [3.8, 4) is 0 Å². The van der Waals surface area contributed by atoms with Gasteiger partial charge in [-0.25, -0.2) is 4.79 Å². The first-order valence-corrected chi connectivity index (χ1v) is 8.47. The number of aliphatic hydroxyl groups excluding tert-OH is 1. The maximum Gasteiger partial charge on any atom is 0.394 e. The predicted octanol–water partition coefficient (Wildman–Crippen LogP) is -1.42. The summed E-state index contributed by atoms with van der Waals surface area (Å²) in [6.45, 7) is 3.34.